The van der Waals surface area contributed by atoms with Gasteiger partial charge in [0.2, 0.25) is 21.7 Å². The lowest BCUT2D eigenvalue weighted by atomic mass is 9.92. The molecule has 2 aromatic heterocycles. The second kappa shape index (κ2) is 6.49. The Labute approximate surface area is 147 Å². The minimum atomic E-state index is -3.15. The fourth-order valence-electron chi connectivity index (χ4n) is 4.17. The molecule has 7 nitrogen and oxygen atoms in total. The molecular weight excluding hydrogens is 340 g/mol. The number of sulfonamides is 1. The molecule has 0 spiro atoms. The van der Waals surface area contributed by atoms with Gasteiger partial charge in [-0.3, -0.25) is 4.98 Å². The lowest BCUT2D eigenvalue weighted by Gasteiger charge is -2.36. The van der Waals surface area contributed by atoms with Crippen LogP contribution in [0.2, 0.25) is 0 Å². The van der Waals surface area contributed by atoms with Gasteiger partial charge >= 0.3 is 0 Å². The van der Waals surface area contributed by atoms with Crippen molar-refractivity contribution in [2.45, 2.75) is 57.0 Å². The number of aromatic nitrogens is 3. The Balaban J connectivity index is 1.53. The van der Waals surface area contributed by atoms with Gasteiger partial charge in [0, 0.05) is 36.0 Å². The van der Waals surface area contributed by atoms with Crippen molar-refractivity contribution in [1.29, 1.82) is 0 Å². The van der Waals surface area contributed by atoms with Crippen LogP contribution in [0.5, 0.6) is 0 Å². The van der Waals surface area contributed by atoms with E-state index in [4.69, 9.17) is 4.52 Å². The molecule has 4 heterocycles. The maximum atomic E-state index is 12.5. The Bertz CT molecular complexity index is 823. The lowest BCUT2D eigenvalue weighted by Crippen LogP contribution is -2.46. The highest BCUT2D eigenvalue weighted by Crippen LogP contribution is 2.44. The van der Waals surface area contributed by atoms with Crippen LogP contribution < -0.4 is 0 Å². The van der Waals surface area contributed by atoms with Gasteiger partial charge in [-0.05, 0) is 44.2 Å². The predicted octanol–water partition coefficient (Wildman–Crippen LogP) is 2.58. The van der Waals surface area contributed by atoms with Crippen molar-refractivity contribution in [3.05, 3.63) is 30.4 Å². The highest BCUT2D eigenvalue weighted by atomic mass is 32.2. The Morgan fingerprint density at radius 1 is 1.28 bits per heavy atom. The van der Waals surface area contributed by atoms with E-state index in [2.05, 4.69) is 15.1 Å². The van der Waals surface area contributed by atoms with Crippen LogP contribution in [0.15, 0.2) is 29.0 Å². The zero-order chi connectivity index (χ0) is 17.4. The van der Waals surface area contributed by atoms with Gasteiger partial charge < -0.3 is 4.52 Å². The minimum absolute atomic E-state index is 0.0639. The smallest absolute Gasteiger partial charge is 0.230 e. The van der Waals surface area contributed by atoms with Crippen molar-refractivity contribution in [3.8, 4) is 11.4 Å². The van der Waals surface area contributed by atoms with Crippen molar-refractivity contribution in [2.24, 2.45) is 0 Å². The van der Waals surface area contributed by atoms with Crippen molar-refractivity contribution in [2.75, 3.05) is 5.75 Å². The van der Waals surface area contributed by atoms with Gasteiger partial charge in [-0.2, -0.15) is 9.29 Å². The summed E-state index contributed by atoms with van der Waals surface area (Å²) in [5.74, 6) is 1.51. The van der Waals surface area contributed by atoms with E-state index in [9.17, 15) is 8.42 Å². The number of piperidine rings is 1. The standard InChI is InChI=1S/C17H22N4O3S/c1-2-8-25(22,23)21-14-5-6-15(21)10-13(9-14)17-19-16(20-24-17)12-4-3-7-18-11-12/h3-4,7,11,13-15H,2,5-6,8-10H2,1H3/t13?,14-,15+. The monoisotopic (exact) mass is 362 g/mol. The second-order valence-corrected chi connectivity index (χ2v) is 8.89. The van der Waals surface area contributed by atoms with Crippen LogP contribution in [0, 0.1) is 0 Å². The van der Waals surface area contributed by atoms with Crippen molar-refractivity contribution >= 4 is 10.0 Å². The first-order valence-corrected chi connectivity index (χ1v) is 10.4. The SMILES string of the molecule is CCCS(=O)(=O)N1[C@@H]2CC[C@H]1CC(c1nc(-c3cccnc3)no1)C2. The van der Waals surface area contributed by atoms with Crippen molar-refractivity contribution in [1.82, 2.24) is 19.4 Å². The first-order chi connectivity index (χ1) is 12.1. The van der Waals surface area contributed by atoms with Crippen LogP contribution in [0.4, 0.5) is 0 Å². The van der Waals surface area contributed by atoms with E-state index in [0.29, 0.717) is 18.1 Å². The normalized spacial score (nSPS) is 26.8. The average Bonchev–Trinajstić information content (AvgIpc) is 3.20. The molecule has 2 aliphatic heterocycles. The summed E-state index contributed by atoms with van der Waals surface area (Å²) in [6.07, 6.45) is 7.43. The summed E-state index contributed by atoms with van der Waals surface area (Å²) in [7, 11) is -3.15. The third-order valence-electron chi connectivity index (χ3n) is 5.16. The first kappa shape index (κ1) is 16.7. The third kappa shape index (κ3) is 3.08. The molecule has 2 fully saturated rings. The van der Waals surface area contributed by atoms with Crippen LogP contribution in [0.25, 0.3) is 11.4 Å². The van der Waals surface area contributed by atoms with Gasteiger partial charge in [0.05, 0.1) is 5.75 Å². The molecule has 0 radical (unpaired) electrons. The molecule has 1 unspecified atom stereocenters. The van der Waals surface area contributed by atoms with Crippen LogP contribution in [-0.4, -0.2) is 45.7 Å². The van der Waals surface area contributed by atoms with E-state index in [1.807, 2.05) is 19.1 Å². The van der Waals surface area contributed by atoms with Crippen LogP contribution in [0.3, 0.4) is 0 Å². The molecule has 2 bridgehead atoms. The molecule has 0 aliphatic carbocycles. The Hall–Kier alpha value is -1.80. The first-order valence-electron chi connectivity index (χ1n) is 8.83. The number of nitrogens with zero attached hydrogens (tertiary/aromatic N) is 4. The van der Waals surface area contributed by atoms with E-state index >= 15 is 0 Å². The molecule has 0 N–H and O–H groups in total. The fourth-order valence-corrected chi connectivity index (χ4v) is 6.18. The molecule has 2 aliphatic rings. The highest BCUT2D eigenvalue weighted by molar-refractivity contribution is 7.89. The zero-order valence-corrected chi connectivity index (χ0v) is 15.0. The summed E-state index contributed by atoms with van der Waals surface area (Å²) >= 11 is 0. The number of hydrogen-bond acceptors (Lipinski definition) is 6. The van der Waals surface area contributed by atoms with Gasteiger partial charge in [-0.1, -0.05) is 12.1 Å². The zero-order valence-electron chi connectivity index (χ0n) is 14.2. The number of hydrogen-bond donors (Lipinski definition) is 0. The highest BCUT2D eigenvalue weighted by Gasteiger charge is 2.47. The maximum Gasteiger partial charge on any atom is 0.230 e. The predicted molar refractivity (Wildman–Crippen MR) is 92.2 cm³/mol. The second-order valence-electron chi connectivity index (χ2n) is 6.90. The summed E-state index contributed by atoms with van der Waals surface area (Å²) in [5, 5.41) is 4.07. The number of fused-ring (bicyclic) bond motifs is 2. The molecule has 25 heavy (non-hydrogen) atoms. The number of rotatable bonds is 5. The minimum Gasteiger partial charge on any atom is -0.339 e. The topological polar surface area (TPSA) is 89.2 Å². The largest absolute Gasteiger partial charge is 0.339 e. The van der Waals surface area contributed by atoms with Gasteiger partial charge in [-0.25, -0.2) is 8.42 Å². The molecule has 2 saturated heterocycles. The Kier molecular flexibility index (Phi) is 4.33. The molecule has 134 valence electrons. The fraction of sp³-hybridized carbons (Fsp3) is 0.588. The summed E-state index contributed by atoms with van der Waals surface area (Å²) in [4.78, 5) is 8.61. The summed E-state index contributed by atoms with van der Waals surface area (Å²) in [6.45, 7) is 1.91. The average molecular weight is 362 g/mol. The quantitative estimate of drug-likeness (QED) is 0.812. The van der Waals surface area contributed by atoms with Gasteiger partial charge in [0.25, 0.3) is 0 Å². The van der Waals surface area contributed by atoms with Crippen LogP contribution >= 0.6 is 0 Å². The summed E-state index contributed by atoms with van der Waals surface area (Å²) in [5.41, 5.74) is 0.823. The summed E-state index contributed by atoms with van der Waals surface area (Å²) < 4.78 is 32.4. The lowest BCUT2D eigenvalue weighted by molar-refractivity contribution is 0.202. The molecule has 8 heteroatoms. The van der Waals surface area contributed by atoms with Crippen LogP contribution in [0.1, 0.15) is 50.8 Å². The maximum absolute atomic E-state index is 12.5. The third-order valence-corrected chi connectivity index (χ3v) is 7.32. The molecule has 3 atom stereocenters. The van der Waals surface area contributed by atoms with E-state index in [1.165, 1.54) is 0 Å². The molecular formula is C17H22N4O3S. The van der Waals surface area contributed by atoms with E-state index < -0.39 is 10.0 Å². The van der Waals surface area contributed by atoms with E-state index in [0.717, 1.165) is 31.2 Å². The molecule has 0 amide bonds. The Morgan fingerprint density at radius 3 is 2.68 bits per heavy atom. The van der Waals surface area contributed by atoms with Gasteiger partial charge in [0.15, 0.2) is 0 Å². The molecule has 0 aromatic carbocycles. The molecule has 2 aromatic rings. The molecule has 4 rings (SSSR count). The Morgan fingerprint density at radius 2 is 2.04 bits per heavy atom. The van der Waals surface area contributed by atoms with Crippen molar-refractivity contribution < 1.29 is 12.9 Å². The summed E-state index contributed by atoms with van der Waals surface area (Å²) in [6, 6.07) is 3.86. The molecule has 0 saturated carbocycles. The van der Waals surface area contributed by atoms with Crippen LogP contribution in [-0.2, 0) is 10.0 Å². The van der Waals surface area contributed by atoms with Gasteiger partial charge in [0.1, 0.15) is 0 Å². The van der Waals surface area contributed by atoms with Crippen molar-refractivity contribution in [3.63, 3.8) is 0 Å². The van der Waals surface area contributed by atoms with E-state index in [-0.39, 0.29) is 23.8 Å². The van der Waals surface area contributed by atoms with Gasteiger partial charge in [-0.15, -0.1) is 0 Å². The van der Waals surface area contributed by atoms with E-state index in [1.54, 1.807) is 16.7 Å². The number of pyridine rings is 1.